The standard InChI is InChI=1S/C48H78N2O7S2/c1-33(2)36-15-22-48(49-26-27-50-28-31-59(54,55)32-29-50)24-23-45(8)38(41(36)48)11-12-40-44(7)18-16-37(43(5,6)39(44)17-19-46(40,45)9)35-13-20-47(21-14-35,42(51)57-34(3)4)25-30-56-58(10,52)53/h13,16,34,36,38-41,49H,1,11-12,14-15,17-32H2,2-10H3/t36-,38?,39-,40+,41+,44-,45+,46+,47?,48-/m0/s1. The summed E-state index contributed by atoms with van der Waals surface area (Å²) in [6.07, 6.45) is 18.9. The number of nitrogens with zero attached hydrogens (tertiary/aromatic N) is 1. The lowest BCUT2D eigenvalue weighted by Gasteiger charge is -2.72. The smallest absolute Gasteiger partial charge is 0.312 e. The molecule has 0 aromatic rings. The minimum absolute atomic E-state index is 0.0174. The molecule has 11 heteroatoms. The maximum absolute atomic E-state index is 13.6. The third-order valence-corrected chi connectivity index (χ3v) is 20.8. The molecule has 0 aromatic carbocycles. The molecule has 0 aromatic heterocycles. The van der Waals surface area contributed by atoms with Crippen LogP contribution < -0.4 is 5.32 Å². The molecule has 1 N–H and O–H groups in total. The largest absolute Gasteiger partial charge is 0.463 e. The second-order valence-corrected chi connectivity index (χ2v) is 26.2. The van der Waals surface area contributed by atoms with E-state index in [9.17, 15) is 21.6 Å². The zero-order valence-electron chi connectivity index (χ0n) is 38.1. The predicted octanol–water partition coefficient (Wildman–Crippen LogP) is 8.67. The van der Waals surface area contributed by atoms with Gasteiger partial charge in [0.15, 0.2) is 9.84 Å². The summed E-state index contributed by atoms with van der Waals surface area (Å²) in [6.45, 7) is 26.8. The van der Waals surface area contributed by atoms with Crippen LogP contribution in [-0.4, -0.2) is 89.9 Å². The first-order valence-corrected chi connectivity index (χ1v) is 26.8. The van der Waals surface area contributed by atoms with Gasteiger partial charge in [0, 0.05) is 31.7 Å². The molecule has 59 heavy (non-hydrogen) atoms. The van der Waals surface area contributed by atoms with Crippen LogP contribution in [0.15, 0.2) is 35.5 Å². The molecule has 1 aliphatic heterocycles. The monoisotopic (exact) mass is 859 g/mol. The Hall–Kier alpha value is -1.53. The number of carbonyl (C=O) groups excluding carboxylic acids is 1. The fraction of sp³-hybridized carbons (Fsp3) is 0.854. The third-order valence-electron chi connectivity index (χ3n) is 18.6. The Morgan fingerprint density at radius 3 is 2.27 bits per heavy atom. The summed E-state index contributed by atoms with van der Waals surface area (Å²) < 4.78 is 58.7. The maximum Gasteiger partial charge on any atom is 0.312 e. The van der Waals surface area contributed by atoms with Gasteiger partial charge in [-0.15, -0.1) is 0 Å². The van der Waals surface area contributed by atoms with E-state index in [1.54, 1.807) is 0 Å². The van der Waals surface area contributed by atoms with Crippen molar-refractivity contribution in [2.24, 2.45) is 56.7 Å². The summed E-state index contributed by atoms with van der Waals surface area (Å²) in [7, 11) is -6.49. The summed E-state index contributed by atoms with van der Waals surface area (Å²) in [6, 6.07) is 0. The quantitative estimate of drug-likeness (QED) is 0.117. The molecule has 7 aliphatic rings. The number of rotatable bonds is 12. The van der Waals surface area contributed by atoms with Gasteiger partial charge in [0.05, 0.1) is 35.9 Å². The van der Waals surface area contributed by atoms with Gasteiger partial charge in [-0.1, -0.05) is 58.9 Å². The zero-order chi connectivity index (χ0) is 43.0. The first-order chi connectivity index (χ1) is 27.4. The van der Waals surface area contributed by atoms with Crippen molar-refractivity contribution in [2.45, 2.75) is 151 Å². The van der Waals surface area contributed by atoms with Crippen molar-refractivity contribution < 1.29 is 30.6 Å². The molecule has 9 nitrogen and oxygen atoms in total. The van der Waals surface area contributed by atoms with E-state index < -0.39 is 25.4 Å². The first-order valence-electron chi connectivity index (χ1n) is 23.2. The molecule has 10 atom stereocenters. The number of nitrogens with one attached hydrogen (secondary N) is 1. The van der Waals surface area contributed by atoms with Crippen molar-refractivity contribution >= 4 is 25.9 Å². The summed E-state index contributed by atoms with van der Waals surface area (Å²) in [5.74, 6) is 3.29. The van der Waals surface area contributed by atoms with Crippen LogP contribution in [0, 0.1) is 56.7 Å². The third kappa shape index (κ3) is 8.03. The topological polar surface area (TPSA) is 119 Å². The van der Waals surface area contributed by atoms with Gasteiger partial charge in [-0.2, -0.15) is 8.42 Å². The number of esters is 1. The highest BCUT2D eigenvalue weighted by atomic mass is 32.2. The lowest BCUT2D eigenvalue weighted by Crippen LogP contribution is -2.68. The van der Waals surface area contributed by atoms with E-state index >= 15 is 0 Å². The SMILES string of the molecule is C=C(C)[C@@H]1CC[C@]2(NCCN3CCS(=O)(=O)CC3)CC[C@]3(C)C(CC[C@@H]4[C@@]5(C)CC=C(C6=CCC(CCOS(C)(=O)=O)(C(=O)OC(C)C)CC6)C(C)(C)[C@@H]5CC[C@]43C)[C@@H]12. The van der Waals surface area contributed by atoms with Gasteiger partial charge < -0.3 is 15.0 Å². The van der Waals surface area contributed by atoms with Crippen LogP contribution >= 0.6 is 0 Å². The van der Waals surface area contributed by atoms with Crippen LogP contribution in [0.1, 0.15) is 139 Å². The van der Waals surface area contributed by atoms with E-state index in [1.165, 1.54) is 68.1 Å². The normalized spacial score (nSPS) is 41.8. The Morgan fingerprint density at radius 1 is 0.932 bits per heavy atom. The number of ether oxygens (including phenoxy) is 1. The number of carbonyl (C=O) groups is 1. The average molecular weight is 859 g/mol. The highest BCUT2D eigenvalue weighted by Crippen LogP contribution is 2.76. The Bertz CT molecular complexity index is 1930. The van der Waals surface area contributed by atoms with Gasteiger partial charge in [-0.25, -0.2) is 8.42 Å². The van der Waals surface area contributed by atoms with Crippen LogP contribution in [0.2, 0.25) is 0 Å². The molecule has 7 rings (SSSR count). The molecule has 2 unspecified atom stereocenters. The van der Waals surface area contributed by atoms with Crippen molar-refractivity contribution in [3.63, 3.8) is 0 Å². The molecule has 1 saturated heterocycles. The minimum atomic E-state index is -3.61. The Labute approximate surface area is 358 Å². The van der Waals surface area contributed by atoms with E-state index in [-0.39, 0.29) is 57.4 Å². The molecule has 334 valence electrons. The van der Waals surface area contributed by atoms with Crippen LogP contribution in [0.25, 0.3) is 0 Å². The van der Waals surface area contributed by atoms with Gasteiger partial charge in [0.1, 0.15) is 0 Å². The molecule has 6 aliphatic carbocycles. The molecular weight excluding hydrogens is 781 g/mol. The fourth-order valence-corrected chi connectivity index (χ4v) is 17.1. The fourth-order valence-electron chi connectivity index (χ4n) is 15.4. The van der Waals surface area contributed by atoms with Gasteiger partial charge >= 0.3 is 5.97 Å². The minimum Gasteiger partial charge on any atom is -0.463 e. The van der Waals surface area contributed by atoms with Gasteiger partial charge in [-0.3, -0.25) is 8.98 Å². The molecule has 0 bridgehead atoms. The van der Waals surface area contributed by atoms with Crippen molar-refractivity contribution in [3.8, 4) is 0 Å². The molecular formula is C48H78N2O7S2. The van der Waals surface area contributed by atoms with Crippen LogP contribution in [-0.2, 0) is 33.7 Å². The van der Waals surface area contributed by atoms with Crippen LogP contribution in [0.3, 0.4) is 0 Å². The molecule has 0 amide bonds. The van der Waals surface area contributed by atoms with Gasteiger partial charge in [0.25, 0.3) is 10.1 Å². The highest BCUT2D eigenvalue weighted by molar-refractivity contribution is 7.91. The number of hydrogen-bond donors (Lipinski definition) is 1. The van der Waals surface area contributed by atoms with Crippen molar-refractivity contribution in [3.05, 3.63) is 35.5 Å². The summed E-state index contributed by atoms with van der Waals surface area (Å²) in [4.78, 5) is 15.9. The second-order valence-electron chi connectivity index (χ2n) is 22.2. The van der Waals surface area contributed by atoms with Crippen molar-refractivity contribution in [2.75, 3.05) is 50.5 Å². The van der Waals surface area contributed by atoms with Crippen LogP contribution in [0.4, 0.5) is 0 Å². The van der Waals surface area contributed by atoms with Crippen molar-refractivity contribution in [1.82, 2.24) is 10.2 Å². The predicted molar refractivity (Wildman–Crippen MR) is 237 cm³/mol. The average Bonchev–Trinajstić information content (AvgIpc) is 3.52. The Balaban J connectivity index is 1.11. The summed E-state index contributed by atoms with van der Waals surface area (Å²) in [5.41, 5.74) is 4.16. The number of allylic oxidation sites excluding steroid dienone is 5. The van der Waals surface area contributed by atoms with E-state index in [0.29, 0.717) is 61.9 Å². The number of fused-ring (bicyclic) bond motifs is 7. The maximum atomic E-state index is 13.6. The Morgan fingerprint density at radius 2 is 1.64 bits per heavy atom. The van der Waals surface area contributed by atoms with E-state index in [1.807, 2.05) is 13.8 Å². The van der Waals surface area contributed by atoms with Gasteiger partial charge in [0.2, 0.25) is 0 Å². The lowest BCUT2D eigenvalue weighted by molar-refractivity contribution is -0.221. The first kappa shape index (κ1) is 45.5. The summed E-state index contributed by atoms with van der Waals surface area (Å²) in [5, 5.41) is 4.22. The highest BCUT2D eigenvalue weighted by Gasteiger charge is 2.70. The molecule has 0 spiro atoms. The summed E-state index contributed by atoms with van der Waals surface area (Å²) >= 11 is 0. The van der Waals surface area contributed by atoms with E-state index in [2.05, 4.69) is 70.5 Å². The number of hydrogen-bond acceptors (Lipinski definition) is 9. The van der Waals surface area contributed by atoms with Gasteiger partial charge in [-0.05, 0) is 167 Å². The molecule has 5 fully saturated rings. The molecule has 1 heterocycles. The molecule has 4 saturated carbocycles. The lowest BCUT2D eigenvalue weighted by atomic mass is 9.33. The second kappa shape index (κ2) is 15.9. The van der Waals surface area contributed by atoms with Crippen molar-refractivity contribution in [1.29, 1.82) is 0 Å². The zero-order valence-corrected chi connectivity index (χ0v) is 39.7. The molecule has 0 radical (unpaired) electrons. The van der Waals surface area contributed by atoms with E-state index in [4.69, 9.17) is 8.92 Å². The number of sulfone groups is 1. The van der Waals surface area contributed by atoms with E-state index in [0.717, 1.165) is 32.2 Å². The van der Waals surface area contributed by atoms with Crippen LogP contribution in [0.5, 0.6) is 0 Å². The Kier molecular flexibility index (Phi) is 12.3.